The molecule has 4 aromatic rings. The third kappa shape index (κ3) is 4.40. The number of esters is 1. The summed E-state index contributed by atoms with van der Waals surface area (Å²) in [5.41, 5.74) is 7.10. The Labute approximate surface area is 189 Å². The van der Waals surface area contributed by atoms with E-state index in [2.05, 4.69) is 86.0 Å². The SMILES string of the molecule is COC(=O)COc1cccn2c(Cc3ccccc3-c3ccccc3)c(C(C)(C)C)cc12. The fraction of sp³-hybridized carbons (Fsp3) is 0.250. The van der Waals surface area contributed by atoms with Crippen LogP contribution in [-0.4, -0.2) is 24.1 Å². The molecule has 164 valence electrons. The number of aromatic nitrogens is 1. The standard InChI is InChI=1S/C28H29NO3/c1-28(2,3)23-18-25-26(32-19-27(30)31-4)15-10-16-29(25)24(23)17-21-13-8-9-14-22(21)20-11-6-5-7-12-20/h5-16,18H,17,19H2,1-4H3. The van der Waals surface area contributed by atoms with Gasteiger partial charge in [0.15, 0.2) is 6.61 Å². The largest absolute Gasteiger partial charge is 0.480 e. The number of pyridine rings is 1. The molecule has 4 rings (SSSR count). The summed E-state index contributed by atoms with van der Waals surface area (Å²) in [4.78, 5) is 11.6. The zero-order valence-corrected chi connectivity index (χ0v) is 19.1. The second kappa shape index (κ2) is 8.91. The van der Waals surface area contributed by atoms with Gasteiger partial charge in [0.2, 0.25) is 0 Å². The van der Waals surface area contributed by atoms with Crippen LogP contribution in [0.1, 0.15) is 37.6 Å². The van der Waals surface area contributed by atoms with Crippen molar-refractivity contribution in [3.63, 3.8) is 0 Å². The number of ether oxygens (including phenoxy) is 2. The van der Waals surface area contributed by atoms with Crippen LogP contribution in [-0.2, 0) is 21.4 Å². The average Bonchev–Trinajstić information content (AvgIpc) is 3.18. The van der Waals surface area contributed by atoms with Gasteiger partial charge in [-0.2, -0.15) is 0 Å². The molecule has 0 fully saturated rings. The lowest BCUT2D eigenvalue weighted by atomic mass is 9.85. The lowest BCUT2D eigenvalue weighted by molar-refractivity contribution is -0.142. The van der Waals surface area contributed by atoms with E-state index in [9.17, 15) is 4.79 Å². The summed E-state index contributed by atoms with van der Waals surface area (Å²) in [6.45, 7) is 6.56. The highest BCUT2D eigenvalue weighted by Gasteiger charge is 2.24. The summed E-state index contributed by atoms with van der Waals surface area (Å²) in [6, 6.07) is 25.1. The van der Waals surface area contributed by atoms with E-state index < -0.39 is 5.97 Å². The first-order valence-corrected chi connectivity index (χ1v) is 10.8. The van der Waals surface area contributed by atoms with Crippen molar-refractivity contribution in [3.8, 4) is 16.9 Å². The maximum absolute atomic E-state index is 11.6. The van der Waals surface area contributed by atoms with Crippen LogP contribution >= 0.6 is 0 Å². The summed E-state index contributed by atoms with van der Waals surface area (Å²) in [7, 11) is 1.36. The molecular formula is C28H29NO3. The van der Waals surface area contributed by atoms with Gasteiger partial charge < -0.3 is 13.9 Å². The molecule has 0 radical (unpaired) electrons. The van der Waals surface area contributed by atoms with Gasteiger partial charge in [-0.15, -0.1) is 0 Å². The number of rotatable bonds is 6. The van der Waals surface area contributed by atoms with Gasteiger partial charge in [-0.3, -0.25) is 0 Å². The highest BCUT2D eigenvalue weighted by Crippen LogP contribution is 2.35. The molecule has 0 saturated carbocycles. The lowest BCUT2D eigenvalue weighted by Crippen LogP contribution is -2.14. The molecule has 0 bridgehead atoms. The van der Waals surface area contributed by atoms with Crippen molar-refractivity contribution < 1.29 is 14.3 Å². The molecule has 2 aromatic heterocycles. The molecule has 0 aliphatic rings. The van der Waals surface area contributed by atoms with Gasteiger partial charge in [0, 0.05) is 18.3 Å². The summed E-state index contributed by atoms with van der Waals surface area (Å²) in [6.07, 6.45) is 2.85. The van der Waals surface area contributed by atoms with Crippen molar-refractivity contribution in [2.75, 3.05) is 13.7 Å². The number of benzene rings is 2. The first-order valence-electron chi connectivity index (χ1n) is 10.8. The van der Waals surface area contributed by atoms with Crippen LogP contribution in [0.3, 0.4) is 0 Å². The molecule has 0 saturated heterocycles. The molecule has 4 heteroatoms. The second-order valence-corrected chi connectivity index (χ2v) is 8.95. The van der Waals surface area contributed by atoms with Gasteiger partial charge in [-0.05, 0) is 45.9 Å². The van der Waals surface area contributed by atoms with Crippen LogP contribution in [0, 0.1) is 0 Å². The second-order valence-electron chi connectivity index (χ2n) is 8.95. The normalized spacial score (nSPS) is 11.5. The number of hydrogen-bond acceptors (Lipinski definition) is 3. The van der Waals surface area contributed by atoms with Crippen molar-refractivity contribution in [3.05, 3.63) is 95.8 Å². The average molecular weight is 428 g/mol. The van der Waals surface area contributed by atoms with Crippen LogP contribution in [0.2, 0.25) is 0 Å². The molecule has 2 heterocycles. The van der Waals surface area contributed by atoms with Crippen LogP contribution in [0.5, 0.6) is 5.75 Å². The molecule has 0 aliphatic heterocycles. The smallest absolute Gasteiger partial charge is 0.343 e. The van der Waals surface area contributed by atoms with Crippen molar-refractivity contribution in [1.29, 1.82) is 0 Å². The summed E-state index contributed by atoms with van der Waals surface area (Å²) < 4.78 is 12.7. The Morgan fingerprint density at radius 1 is 0.938 bits per heavy atom. The molecular weight excluding hydrogens is 398 g/mol. The summed E-state index contributed by atoms with van der Waals surface area (Å²) in [5, 5.41) is 0. The molecule has 0 amide bonds. The molecule has 2 aromatic carbocycles. The topological polar surface area (TPSA) is 39.9 Å². The first-order chi connectivity index (χ1) is 15.4. The molecule has 32 heavy (non-hydrogen) atoms. The van der Waals surface area contributed by atoms with E-state index in [1.165, 1.54) is 35.1 Å². The monoisotopic (exact) mass is 427 g/mol. The minimum absolute atomic E-state index is 0.0529. The third-order valence-corrected chi connectivity index (χ3v) is 5.72. The van der Waals surface area contributed by atoms with Crippen LogP contribution < -0.4 is 4.74 Å². The van der Waals surface area contributed by atoms with Crippen molar-refractivity contribution in [1.82, 2.24) is 4.40 Å². The molecule has 0 N–H and O–H groups in total. The number of carbonyl (C=O) groups excluding carboxylic acids is 1. The van der Waals surface area contributed by atoms with Crippen molar-refractivity contribution >= 4 is 11.5 Å². The number of hydrogen-bond donors (Lipinski definition) is 0. The Hall–Kier alpha value is -3.53. The Morgan fingerprint density at radius 2 is 1.66 bits per heavy atom. The zero-order valence-electron chi connectivity index (χ0n) is 19.1. The number of carbonyl (C=O) groups is 1. The number of fused-ring (bicyclic) bond motifs is 1. The number of nitrogens with zero attached hydrogens (tertiary/aromatic N) is 1. The Kier molecular flexibility index (Phi) is 6.04. The van der Waals surface area contributed by atoms with Gasteiger partial charge in [-0.25, -0.2) is 4.79 Å². The minimum atomic E-state index is -0.397. The predicted molar refractivity (Wildman–Crippen MR) is 128 cm³/mol. The maximum Gasteiger partial charge on any atom is 0.343 e. The van der Waals surface area contributed by atoms with Gasteiger partial charge in [0.1, 0.15) is 5.75 Å². The van der Waals surface area contributed by atoms with Gasteiger partial charge in [0.25, 0.3) is 0 Å². The lowest BCUT2D eigenvalue weighted by Gasteiger charge is -2.21. The zero-order chi connectivity index (χ0) is 22.7. The fourth-order valence-corrected chi connectivity index (χ4v) is 4.13. The van der Waals surface area contributed by atoms with Crippen LogP contribution in [0.15, 0.2) is 79.0 Å². The van der Waals surface area contributed by atoms with Gasteiger partial charge in [0.05, 0.1) is 12.6 Å². The van der Waals surface area contributed by atoms with Crippen LogP contribution in [0.25, 0.3) is 16.6 Å². The quantitative estimate of drug-likeness (QED) is 0.352. The van der Waals surface area contributed by atoms with Crippen molar-refractivity contribution in [2.45, 2.75) is 32.6 Å². The summed E-state index contributed by atoms with van der Waals surface area (Å²) >= 11 is 0. The highest BCUT2D eigenvalue weighted by atomic mass is 16.6. The van der Waals surface area contributed by atoms with E-state index in [-0.39, 0.29) is 12.0 Å². The van der Waals surface area contributed by atoms with E-state index >= 15 is 0 Å². The van der Waals surface area contributed by atoms with E-state index in [1.807, 2.05) is 18.2 Å². The summed E-state index contributed by atoms with van der Waals surface area (Å²) in [5.74, 6) is 0.276. The van der Waals surface area contributed by atoms with Crippen LogP contribution in [0.4, 0.5) is 0 Å². The van der Waals surface area contributed by atoms with Crippen molar-refractivity contribution in [2.24, 2.45) is 0 Å². The highest BCUT2D eigenvalue weighted by molar-refractivity contribution is 5.73. The fourth-order valence-electron chi connectivity index (χ4n) is 4.13. The first kappa shape index (κ1) is 21.7. The molecule has 0 aliphatic carbocycles. The Morgan fingerprint density at radius 3 is 2.38 bits per heavy atom. The van der Waals surface area contributed by atoms with E-state index in [0.29, 0.717) is 5.75 Å². The molecule has 0 unspecified atom stereocenters. The minimum Gasteiger partial charge on any atom is -0.480 e. The third-order valence-electron chi connectivity index (χ3n) is 5.72. The Bertz CT molecular complexity index is 1230. The maximum atomic E-state index is 11.6. The molecule has 4 nitrogen and oxygen atoms in total. The predicted octanol–water partition coefficient (Wildman–Crippen LogP) is 6.05. The Balaban J connectivity index is 1.82. The van der Waals surface area contributed by atoms with Gasteiger partial charge >= 0.3 is 5.97 Å². The van der Waals surface area contributed by atoms with E-state index in [1.54, 1.807) is 0 Å². The molecule has 0 atom stereocenters. The van der Waals surface area contributed by atoms with E-state index in [4.69, 9.17) is 9.47 Å². The number of methoxy groups -OCH3 is 1. The van der Waals surface area contributed by atoms with Gasteiger partial charge in [-0.1, -0.05) is 75.4 Å². The van der Waals surface area contributed by atoms with E-state index in [0.717, 1.165) is 11.9 Å². The molecule has 0 spiro atoms.